The molecule has 1 aromatic heterocycles. The van der Waals surface area contributed by atoms with Gasteiger partial charge < -0.3 is 0 Å². The van der Waals surface area contributed by atoms with E-state index in [1.54, 1.807) is 10.9 Å². The van der Waals surface area contributed by atoms with E-state index in [9.17, 15) is 9.59 Å². The summed E-state index contributed by atoms with van der Waals surface area (Å²) >= 11 is 0. The molecule has 4 bridgehead atoms. The van der Waals surface area contributed by atoms with E-state index in [2.05, 4.69) is 16.0 Å². The molecule has 4 aliphatic carbocycles. The number of amides is 2. The lowest BCUT2D eigenvalue weighted by Gasteiger charge is -2.56. The number of rotatable bonds is 5. The highest BCUT2D eigenvalue weighted by Crippen LogP contribution is 2.61. The zero-order valence-electron chi connectivity index (χ0n) is 17.6. The fourth-order valence-electron chi connectivity index (χ4n) is 6.78. The highest BCUT2D eigenvalue weighted by atomic mass is 16.2. The van der Waals surface area contributed by atoms with Crippen LogP contribution in [0.5, 0.6) is 0 Å². The van der Waals surface area contributed by atoms with Crippen molar-refractivity contribution in [1.82, 2.24) is 20.6 Å². The summed E-state index contributed by atoms with van der Waals surface area (Å²) in [7, 11) is 0. The summed E-state index contributed by atoms with van der Waals surface area (Å²) < 4.78 is 1.78. The van der Waals surface area contributed by atoms with E-state index in [-0.39, 0.29) is 17.2 Å². The molecule has 0 atom stereocenters. The molecule has 0 aliphatic heterocycles. The maximum absolute atomic E-state index is 12.8. The zero-order valence-corrected chi connectivity index (χ0v) is 17.6. The Hall–Kier alpha value is -2.63. The van der Waals surface area contributed by atoms with Crippen LogP contribution in [0.25, 0.3) is 5.69 Å². The molecule has 158 valence electrons. The minimum Gasteiger partial charge on any atom is -0.273 e. The summed E-state index contributed by atoms with van der Waals surface area (Å²) in [5.41, 5.74) is 7.71. The Morgan fingerprint density at radius 3 is 2.27 bits per heavy atom. The van der Waals surface area contributed by atoms with Crippen molar-refractivity contribution in [3.8, 4) is 5.69 Å². The number of carbonyl (C=O) groups excluding carboxylic acids is 2. The van der Waals surface area contributed by atoms with Gasteiger partial charge in [-0.05, 0) is 80.2 Å². The molecule has 4 saturated carbocycles. The highest BCUT2D eigenvalue weighted by Gasteiger charge is 2.51. The van der Waals surface area contributed by atoms with E-state index < -0.39 is 0 Å². The summed E-state index contributed by atoms with van der Waals surface area (Å²) in [6.45, 7) is 2.00. The van der Waals surface area contributed by atoms with Gasteiger partial charge in [-0.2, -0.15) is 5.10 Å². The third-order valence-electron chi connectivity index (χ3n) is 7.47. The molecule has 30 heavy (non-hydrogen) atoms. The first-order valence-corrected chi connectivity index (χ1v) is 11.3. The van der Waals surface area contributed by atoms with E-state index in [0.29, 0.717) is 18.4 Å². The molecule has 4 aliphatic rings. The topological polar surface area (TPSA) is 76.0 Å². The largest absolute Gasteiger partial charge is 0.273 e. The second-order valence-electron chi connectivity index (χ2n) is 9.70. The molecular weight excluding hydrogens is 376 g/mol. The predicted octanol–water partition coefficient (Wildman–Crippen LogP) is 3.80. The molecule has 6 heteroatoms. The van der Waals surface area contributed by atoms with Crippen LogP contribution >= 0.6 is 0 Å². The molecule has 1 heterocycles. The van der Waals surface area contributed by atoms with Crippen LogP contribution in [0.15, 0.2) is 36.5 Å². The van der Waals surface area contributed by atoms with E-state index in [1.165, 1.54) is 38.5 Å². The van der Waals surface area contributed by atoms with Crippen LogP contribution in [0, 0.1) is 23.2 Å². The van der Waals surface area contributed by atoms with Gasteiger partial charge in [0, 0.05) is 6.42 Å². The summed E-state index contributed by atoms with van der Waals surface area (Å²) in [6, 6.07) is 9.76. The van der Waals surface area contributed by atoms with E-state index in [0.717, 1.165) is 29.1 Å². The Morgan fingerprint density at radius 2 is 1.67 bits per heavy atom. The molecular formula is C24H30N4O2. The number of nitrogens with zero attached hydrogens (tertiary/aromatic N) is 2. The van der Waals surface area contributed by atoms with Crippen molar-refractivity contribution in [3.63, 3.8) is 0 Å². The van der Waals surface area contributed by atoms with Crippen molar-refractivity contribution >= 4 is 11.8 Å². The molecule has 2 aromatic rings. The number of hydrazine groups is 1. The van der Waals surface area contributed by atoms with Gasteiger partial charge in [0.15, 0.2) is 0 Å². The average Bonchev–Trinajstić information content (AvgIpc) is 3.15. The maximum Gasteiger partial charge on any atom is 0.273 e. The molecule has 1 aromatic carbocycles. The number of benzene rings is 1. The first-order valence-electron chi connectivity index (χ1n) is 11.3. The second kappa shape index (κ2) is 7.56. The fourth-order valence-corrected chi connectivity index (χ4v) is 6.78. The predicted molar refractivity (Wildman–Crippen MR) is 114 cm³/mol. The lowest BCUT2D eigenvalue weighted by molar-refractivity contribution is -0.130. The van der Waals surface area contributed by atoms with Crippen LogP contribution in [-0.2, 0) is 11.2 Å². The van der Waals surface area contributed by atoms with Gasteiger partial charge in [0.05, 0.1) is 23.1 Å². The normalized spacial score (nSPS) is 29.0. The third-order valence-corrected chi connectivity index (χ3v) is 7.47. The van der Waals surface area contributed by atoms with Crippen LogP contribution in [0.4, 0.5) is 0 Å². The van der Waals surface area contributed by atoms with Crippen molar-refractivity contribution in [1.29, 1.82) is 0 Å². The minimum absolute atomic E-state index is 0.0706. The van der Waals surface area contributed by atoms with Crippen LogP contribution in [0.2, 0.25) is 0 Å². The van der Waals surface area contributed by atoms with E-state index in [4.69, 9.17) is 0 Å². The zero-order chi connectivity index (χ0) is 20.7. The van der Waals surface area contributed by atoms with Crippen LogP contribution in [0.3, 0.4) is 0 Å². The van der Waals surface area contributed by atoms with Crippen LogP contribution in [-0.4, -0.2) is 21.6 Å². The lowest BCUT2D eigenvalue weighted by Crippen LogP contribution is -2.50. The van der Waals surface area contributed by atoms with Gasteiger partial charge in [0.2, 0.25) is 5.91 Å². The Balaban J connectivity index is 1.22. The number of para-hydroxylation sites is 1. The summed E-state index contributed by atoms with van der Waals surface area (Å²) in [6.07, 6.45) is 10.4. The summed E-state index contributed by atoms with van der Waals surface area (Å²) in [5, 5.41) is 4.40. The lowest BCUT2D eigenvalue weighted by atomic mass is 9.49. The molecule has 6 rings (SSSR count). The number of nitrogens with one attached hydrogen (secondary N) is 2. The number of hydrogen-bond donors (Lipinski definition) is 2. The third kappa shape index (κ3) is 3.53. The van der Waals surface area contributed by atoms with Gasteiger partial charge in [0.25, 0.3) is 5.91 Å². The second-order valence-corrected chi connectivity index (χ2v) is 9.70. The Labute approximate surface area is 177 Å². The molecule has 2 N–H and O–H groups in total. The van der Waals surface area contributed by atoms with Crippen molar-refractivity contribution in [2.45, 2.75) is 58.3 Å². The number of carbonyl (C=O) groups is 2. The van der Waals surface area contributed by atoms with Gasteiger partial charge in [0.1, 0.15) is 0 Å². The van der Waals surface area contributed by atoms with Gasteiger partial charge in [-0.3, -0.25) is 20.4 Å². The Kier molecular flexibility index (Phi) is 4.88. The molecule has 0 radical (unpaired) electrons. The van der Waals surface area contributed by atoms with Crippen molar-refractivity contribution in [2.24, 2.45) is 23.2 Å². The standard InChI is InChI=1S/C24H30N4O2/c1-2-21-20(15-25-28(21)19-6-4-3-5-7-19)23(30)27-26-22(29)14-24-11-16-8-17(12-24)10-18(9-16)13-24/h3-7,15-18H,2,8-14H2,1H3,(H,26,29)(H,27,30). The Morgan fingerprint density at radius 1 is 1.03 bits per heavy atom. The van der Waals surface area contributed by atoms with Crippen LogP contribution < -0.4 is 10.9 Å². The minimum atomic E-state index is -0.312. The summed E-state index contributed by atoms with van der Waals surface area (Å²) in [4.78, 5) is 25.5. The summed E-state index contributed by atoms with van der Waals surface area (Å²) in [5.74, 6) is 2.06. The van der Waals surface area contributed by atoms with Gasteiger partial charge in [-0.1, -0.05) is 25.1 Å². The van der Waals surface area contributed by atoms with E-state index >= 15 is 0 Å². The number of hydrogen-bond acceptors (Lipinski definition) is 3. The molecule has 6 nitrogen and oxygen atoms in total. The monoisotopic (exact) mass is 406 g/mol. The van der Waals surface area contributed by atoms with Gasteiger partial charge >= 0.3 is 0 Å². The quantitative estimate of drug-likeness (QED) is 0.742. The maximum atomic E-state index is 12.8. The first kappa shape index (κ1) is 19.3. The van der Waals surface area contributed by atoms with Crippen molar-refractivity contribution < 1.29 is 9.59 Å². The number of aromatic nitrogens is 2. The Bertz CT molecular complexity index is 914. The smallest absolute Gasteiger partial charge is 0.273 e. The van der Waals surface area contributed by atoms with Crippen molar-refractivity contribution in [3.05, 3.63) is 47.8 Å². The average molecular weight is 407 g/mol. The molecule has 2 amide bonds. The van der Waals surface area contributed by atoms with Gasteiger partial charge in [-0.25, -0.2) is 4.68 Å². The van der Waals surface area contributed by atoms with Crippen molar-refractivity contribution in [2.75, 3.05) is 0 Å². The first-order chi connectivity index (χ1) is 14.5. The SMILES string of the molecule is CCc1c(C(=O)NNC(=O)CC23CC4CC(CC(C4)C2)C3)cnn1-c1ccccc1. The fraction of sp³-hybridized carbons (Fsp3) is 0.542. The molecule has 0 spiro atoms. The molecule has 0 unspecified atom stereocenters. The van der Waals surface area contributed by atoms with Crippen LogP contribution in [0.1, 0.15) is 67.9 Å². The molecule has 4 fully saturated rings. The highest BCUT2D eigenvalue weighted by molar-refractivity contribution is 5.96. The molecule has 0 saturated heterocycles. The van der Waals surface area contributed by atoms with E-state index in [1.807, 2.05) is 37.3 Å². The van der Waals surface area contributed by atoms with Gasteiger partial charge in [-0.15, -0.1) is 0 Å².